The van der Waals surface area contributed by atoms with Gasteiger partial charge in [-0.3, -0.25) is 0 Å². The summed E-state index contributed by atoms with van der Waals surface area (Å²) in [4.78, 5) is 8.61. The van der Waals surface area contributed by atoms with E-state index in [1.807, 2.05) is 0 Å². The van der Waals surface area contributed by atoms with E-state index in [1.165, 1.54) is 13.2 Å². The molecular weight excluding hydrogens is 487 g/mol. The van der Waals surface area contributed by atoms with Gasteiger partial charge in [0.1, 0.15) is 24.4 Å². The highest BCUT2D eigenvalue weighted by atomic mass is 19.4. The first kappa shape index (κ1) is 25.7. The van der Waals surface area contributed by atoms with Crippen molar-refractivity contribution in [1.29, 1.82) is 0 Å². The van der Waals surface area contributed by atoms with Crippen molar-refractivity contribution in [2.24, 2.45) is 0 Å². The Morgan fingerprint density at radius 2 is 1.81 bits per heavy atom. The summed E-state index contributed by atoms with van der Waals surface area (Å²) < 4.78 is 83.3. The second kappa shape index (κ2) is 9.23. The standard InChI is InChI=1S/C24H25F5N4O3/c1-11(13-6-14(24(27,28)29)8-15(30)7-13)19-20-16(32-12(2)33-22(20)31)9-17(34-3)21(19)36-5-4-35-18-10-23(18,25)26/h6-9,11,18H,4-5,10,30H2,1-3H3,(H2,31,32,33). The Hall–Kier alpha value is -3.41. The fourth-order valence-electron chi connectivity index (χ4n) is 4.11. The van der Waals surface area contributed by atoms with E-state index in [4.69, 9.17) is 25.7 Å². The first-order chi connectivity index (χ1) is 16.8. The van der Waals surface area contributed by atoms with Crippen LogP contribution in [0.15, 0.2) is 24.3 Å². The molecule has 1 aliphatic rings. The molecule has 0 aliphatic heterocycles. The molecule has 1 fully saturated rings. The summed E-state index contributed by atoms with van der Waals surface area (Å²) in [6.07, 6.45) is -6.11. The number of alkyl halides is 5. The molecule has 12 heteroatoms. The molecule has 1 saturated carbocycles. The molecule has 7 nitrogen and oxygen atoms in total. The van der Waals surface area contributed by atoms with Crippen LogP contribution in [0.1, 0.15) is 41.8 Å². The Morgan fingerprint density at radius 3 is 2.42 bits per heavy atom. The fraction of sp³-hybridized carbons (Fsp3) is 0.417. The molecule has 194 valence electrons. The van der Waals surface area contributed by atoms with Crippen LogP contribution in [-0.4, -0.2) is 42.3 Å². The molecule has 1 heterocycles. The SMILES string of the molecule is COc1cc2nc(C)nc(N)c2c(C(C)c2cc(N)cc(C(F)(F)F)c2)c1OCCOC1CC1(F)F. The maximum absolute atomic E-state index is 13.5. The number of nitrogen functional groups attached to an aromatic ring is 2. The van der Waals surface area contributed by atoms with Gasteiger partial charge in [0.15, 0.2) is 11.5 Å². The third-order valence-corrected chi connectivity index (χ3v) is 5.96. The van der Waals surface area contributed by atoms with Gasteiger partial charge in [0.05, 0.1) is 30.2 Å². The first-order valence-electron chi connectivity index (χ1n) is 11.1. The number of fused-ring (bicyclic) bond motifs is 1. The van der Waals surface area contributed by atoms with Crippen LogP contribution in [0.4, 0.5) is 33.5 Å². The van der Waals surface area contributed by atoms with Crippen LogP contribution in [-0.2, 0) is 10.9 Å². The maximum atomic E-state index is 13.5. The van der Waals surface area contributed by atoms with E-state index < -0.39 is 29.7 Å². The number of nitrogens with two attached hydrogens (primary N) is 2. The lowest BCUT2D eigenvalue weighted by molar-refractivity contribution is -0.137. The van der Waals surface area contributed by atoms with Crippen molar-refractivity contribution in [2.45, 2.75) is 44.4 Å². The third kappa shape index (κ3) is 5.08. The summed E-state index contributed by atoms with van der Waals surface area (Å²) in [5, 5.41) is 0.370. The minimum absolute atomic E-state index is 0.0693. The maximum Gasteiger partial charge on any atom is 0.416 e. The highest BCUT2D eigenvalue weighted by Gasteiger charge is 2.58. The number of ether oxygens (including phenoxy) is 3. The molecule has 36 heavy (non-hydrogen) atoms. The molecule has 2 atom stereocenters. The molecule has 1 aromatic heterocycles. The van der Waals surface area contributed by atoms with E-state index in [1.54, 1.807) is 19.9 Å². The van der Waals surface area contributed by atoms with Gasteiger partial charge in [-0.1, -0.05) is 6.92 Å². The molecule has 0 amide bonds. The van der Waals surface area contributed by atoms with Crippen molar-refractivity contribution in [3.63, 3.8) is 0 Å². The molecule has 0 radical (unpaired) electrons. The van der Waals surface area contributed by atoms with Crippen LogP contribution in [0, 0.1) is 6.92 Å². The van der Waals surface area contributed by atoms with Gasteiger partial charge >= 0.3 is 6.18 Å². The highest BCUT2D eigenvalue weighted by molar-refractivity contribution is 5.95. The number of anilines is 2. The molecule has 3 aromatic rings. The number of hydrogen-bond acceptors (Lipinski definition) is 7. The second-order valence-corrected chi connectivity index (χ2v) is 8.65. The average molecular weight is 512 g/mol. The molecule has 4 N–H and O–H groups in total. The minimum atomic E-state index is -4.61. The van der Waals surface area contributed by atoms with Crippen molar-refractivity contribution in [3.8, 4) is 11.5 Å². The van der Waals surface area contributed by atoms with Crippen LogP contribution in [0.2, 0.25) is 0 Å². The molecule has 0 bridgehead atoms. The zero-order valence-electron chi connectivity index (χ0n) is 19.7. The summed E-state index contributed by atoms with van der Waals surface area (Å²) >= 11 is 0. The lowest BCUT2D eigenvalue weighted by Crippen LogP contribution is -2.14. The second-order valence-electron chi connectivity index (χ2n) is 8.65. The van der Waals surface area contributed by atoms with Crippen LogP contribution < -0.4 is 20.9 Å². The Bertz CT molecular complexity index is 1300. The number of nitrogens with zero attached hydrogens (tertiary/aromatic N) is 2. The van der Waals surface area contributed by atoms with E-state index in [-0.39, 0.29) is 48.2 Å². The van der Waals surface area contributed by atoms with Gasteiger partial charge in [-0.15, -0.1) is 0 Å². The fourth-order valence-corrected chi connectivity index (χ4v) is 4.11. The van der Waals surface area contributed by atoms with Crippen LogP contribution in [0.3, 0.4) is 0 Å². The first-order valence-corrected chi connectivity index (χ1v) is 11.1. The number of methoxy groups -OCH3 is 1. The van der Waals surface area contributed by atoms with Crippen molar-refractivity contribution in [2.75, 3.05) is 31.8 Å². The number of benzene rings is 2. The van der Waals surface area contributed by atoms with Crippen molar-refractivity contribution >= 4 is 22.4 Å². The Kier molecular flexibility index (Phi) is 6.58. The van der Waals surface area contributed by atoms with Gasteiger partial charge < -0.3 is 25.7 Å². The highest BCUT2D eigenvalue weighted by Crippen LogP contribution is 2.46. The van der Waals surface area contributed by atoms with Gasteiger partial charge in [-0.25, -0.2) is 18.7 Å². The Labute approximate surface area is 203 Å². The predicted molar refractivity (Wildman–Crippen MR) is 123 cm³/mol. The summed E-state index contributed by atoms with van der Waals surface area (Å²) in [6, 6.07) is 4.85. The van der Waals surface area contributed by atoms with Gasteiger partial charge in [0.25, 0.3) is 5.92 Å². The summed E-state index contributed by atoms with van der Waals surface area (Å²) in [5.41, 5.74) is 12.1. The van der Waals surface area contributed by atoms with Gasteiger partial charge in [-0.2, -0.15) is 13.2 Å². The number of rotatable bonds is 8. The van der Waals surface area contributed by atoms with Gasteiger partial charge in [-0.05, 0) is 30.7 Å². The molecule has 4 rings (SSSR count). The quantitative estimate of drug-likeness (QED) is 0.246. The smallest absolute Gasteiger partial charge is 0.416 e. The summed E-state index contributed by atoms with van der Waals surface area (Å²) in [5.74, 6) is -2.69. The topological polar surface area (TPSA) is 106 Å². The lowest BCUT2D eigenvalue weighted by atomic mass is 9.88. The van der Waals surface area contributed by atoms with Crippen molar-refractivity contribution < 1.29 is 36.2 Å². The van der Waals surface area contributed by atoms with Crippen molar-refractivity contribution in [1.82, 2.24) is 9.97 Å². The van der Waals surface area contributed by atoms with Gasteiger partial charge in [0, 0.05) is 29.7 Å². The number of aryl methyl sites for hydroxylation is 1. The predicted octanol–water partition coefficient (Wildman–Crippen LogP) is 5.08. The number of aromatic nitrogens is 2. The van der Waals surface area contributed by atoms with E-state index >= 15 is 0 Å². The van der Waals surface area contributed by atoms with Crippen molar-refractivity contribution in [3.05, 3.63) is 46.8 Å². The Morgan fingerprint density at radius 1 is 1.11 bits per heavy atom. The largest absolute Gasteiger partial charge is 0.493 e. The third-order valence-electron chi connectivity index (χ3n) is 5.96. The lowest BCUT2D eigenvalue weighted by Gasteiger charge is -2.23. The normalized spacial score (nSPS) is 17.7. The number of hydrogen-bond donors (Lipinski definition) is 2. The number of halogens is 5. The van der Waals surface area contributed by atoms with Crippen LogP contribution in [0.5, 0.6) is 11.5 Å². The van der Waals surface area contributed by atoms with E-state index in [9.17, 15) is 22.0 Å². The monoisotopic (exact) mass is 512 g/mol. The summed E-state index contributed by atoms with van der Waals surface area (Å²) in [7, 11) is 1.39. The minimum Gasteiger partial charge on any atom is -0.493 e. The molecule has 1 aliphatic carbocycles. The average Bonchev–Trinajstić information content (AvgIpc) is 3.40. The zero-order valence-corrected chi connectivity index (χ0v) is 19.7. The molecule has 0 spiro atoms. The molecular formula is C24H25F5N4O3. The zero-order chi connectivity index (χ0) is 26.4. The van der Waals surface area contributed by atoms with E-state index in [0.29, 0.717) is 22.3 Å². The van der Waals surface area contributed by atoms with E-state index in [0.717, 1.165) is 12.1 Å². The Balaban J connectivity index is 1.81. The van der Waals surface area contributed by atoms with E-state index in [2.05, 4.69) is 9.97 Å². The molecule has 2 aromatic carbocycles. The van der Waals surface area contributed by atoms with Crippen LogP contribution >= 0.6 is 0 Å². The molecule has 0 saturated heterocycles. The van der Waals surface area contributed by atoms with Crippen LogP contribution in [0.25, 0.3) is 10.9 Å². The van der Waals surface area contributed by atoms with Gasteiger partial charge in [0.2, 0.25) is 0 Å². The summed E-state index contributed by atoms with van der Waals surface area (Å²) in [6.45, 7) is 3.06. The molecule has 2 unspecified atom stereocenters.